The van der Waals surface area contributed by atoms with Crippen molar-refractivity contribution in [2.45, 2.75) is 110 Å². The quantitative estimate of drug-likeness (QED) is 0.405. The lowest BCUT2D eigenvalue weighted by atomic mass is 9.73. The van der Waals surface area contributed by atoms with Gasteiger partial charge in [0.05, 0.1) is 41.4 Å². The molecule has 0 radical (unpaired) electrons. The highest BCUT2D eigenvalue weighted by Crippen LogP contribution is 2.45. The van der Waals surface area contributed by atoms with Gasteiger partial charge in [-0.1, -0.05) is 34.1 Å². The van der Waals surface area contributed by atoms with Crippen LogP contribution in [0.5, 0.6) is 0 Å². The number of aliphatic hydroxyl groups excluding tert-OH is 2. The van der Waals surface area contributed by atoms with Crippen molar-refractivity contribution in [2.75, 3.05) is 0 Å². The van der Waals surface area contributed by atoms with Crippen molar-refractivity contribution in [3.05, 3.63) is 21.7 Å². The average molecular weight is 523 g/mol. The van der Waals surface area contributed by atoms with Gasteiger partial charge in [0, 0.05) is 24.3 Å². The van der Waals surface area contributed by atoms with Gasteiger partial charge < -0.3 is 25.4 Å². The molecule has 2 saturated heterocycles. The summed E-state index contributed by atoms with van der Waals surface area (Å²) in [6.07, 6.45) is 1.80. The second kappa shape index (κ2) is 11.4. The van der Waals surface area contributed by atoms with Gasteiger partial charge in [0.1, 0.15) is 16.9 Å². The molecule has 1 aromatic heterocycles. The number of esters is 1. The van der Waals surface area contributed by atoms with E-state index in [0.717, 1.165) is 35.5 Å². The number of thiazole rings is 1. The van der Waals surface area contributed by atoms with Gasteiger partial charge in [-0.3, -0.25) is 9.59 Å². The van der Waals surface area contributed by atoms with Crippen LogP contribution in [0.4, 0.5) is 0 Å². The fourth-order valence-electron chi connectivity index (χ4n) is 5.11. The van der Waals surface area contributed by atoms with Crippen LogP contribution >= 0.6 is 11.3 Å². The number of Topliss-reactive ketones (excluding diaryl/α,β-unsaturated/α-hetero) is 1. The summed E-state index contributed by atoms with van der Waals surface area (Å²) in [7, 11) is 0. The van der Waals surface area contributed by atoms with Crippen LogP contribution in [0.3, 0.4) is 0 Å². The molecule has 0 amide bonds. The Kier molecular flexibility index (Phi) is 9.15. The zero-order valence-corrected chi connectivity index (χ0v) is 23.1. The van der Waals surface area contributed by atoms with Gasteiger partial charge in [-0.2, -0.15) is 0 Å². The maximum absolute atomic E-state index is 13.2. The Hall–Kier alpha value is -1.65. The number of ether oxygens (including phenoxy) is 2. The van der Waals surface area contributed by atoms with Crippen molar-refractivity contribution in [3.8, 4) is 0 Å². The number of nitrogens with zero attached hydrogens (tertiary/aromatic N) is 1. The molecule has 2 aliphatic heterocycles. The molecule has 4 N–H and O–H groups in total. The highest BCUT2D eigenvalue weighted by atomic mass is 32.1. The summed E-state index contributed by atoms with van der Waals surface area (Å²) in [6, 6.07) is 0. The van der Waals surface area contributed by atoms with E-state index in [2.05, 4.69) is 11.9 Å². The lowest BCUT2D eigenvalue weighted by molar-refractivity contribution is -0.154. The summed E-state index contributed by atoms with van der Waals surface area (Å²) in [6.45, 7) is 11.2. The molecular weight excluding hydrogens is 480 g/mol. The van der Waals surface area contributed by atoms with Gasteiger partial charge in [-0.25, -0.2) is 4.98 Å². The van der Waals surface area contributed by atoms with E-state index in [1.165, 1.54) is 11.3 Å². The number of epoxide rings is 1. The minimum absolute atomic E-state index is 0.0660. The first-order valence-corrected chi connectivity index (χ1v) is 13.8. The smallest absolute Gasteiger partial charge is 0.309 e. The van der Waals surface area contributed by atoms with Crippen molar-refractivity contribution in [1.82, 2.24) is 4.98 Å². The third-order valence-corrected chi connectivity index (χ3v) is 8.92. The molecule has 7 atom stereocenters. The van der Waals surface area contributed by atoms with Gasteiger partial charge >= 0.3 is 5.97 Å². The Morgan fingerprint density at radius 1 is 1.28 bits per heavy atom. The van der Waals surface area contributed by atoms with Crippen LogP contribution in [0, 0.1) is 17.3 Å². The topological polar surface area (TPSA) is 135 Å². The van der Waals surface area contributed by atoms with Gasteiger partial charge in [0.15, 0.2) is 0 Å². The normalized spacial score (nSPS) is 36.8. The Morgan fingerprint density at radius 3 is 2.61 bits per heavy atom. The maximum Gasteiger partial charge on any atom is 0.309 e. The minimum Gasteiger partial charge on any atom is -0.458 e. The van der Waals surface area contributed by atoms with E-state index in [9.17, 15) is 19.8 Å². The molecule has 1 aromatic rings. The van der Waals surface area contributed by atoms with Crippen LogP contribution in [0.15, 0.2) is 11.0 Å². The Morgan fingerprint density at radius 2 is 1.97 bits per heavy atom. The first-order valence-electron chi connectivity index (χ1n) is 12.9. The van der Waals surface area contributed by atoms with Crippen molar-refractivity contribution in [1.29, 1.82) is 0 Å². The molecule has 0 bridgehead atoms. The Labute approximate surface area is 218 Å². The monoisotopic (exact) mass is 522 g/mol. The van der Waals surface area contributed by atoms with E-state index in [0.29, 0.717) is 13.0 Å². The highest BCUT2D eigenvalue weighted by Gasteiger charge is 2.53. The van der Waals surface area contributed by atoms with Crippen LogP contribution in [-0.4, -0.2) is 57.0 Å². The second-order valence-corrected chi connectivity index (χ2v) is 12.3. The SMILES string of the molecule is CC(=Cc1csc(CN)n1)C1CC2O[C@]2(C)CCCC(C)[C@H](O)[C@@H](C)C(=O)C(C)(C)[C@@H](O)CC(=O)O1. The van der Waals surface area contributed by atoms with E-state index in [4.69, 9.17) is 15.2 Å². The van der Waals surface area contributed by atoms with Crippen LogP contribution in [-0.2, 0) is 25.6 Å². The number of aromatic nitrogens is 1. The third-order valence-electron chi connectivity index (χ3n) is 8.03. The second-order valence-electron chi connectivity index (χ2n) is 11.3. The molecule has 2 aliphatic rings. The lowest BCUT2D eigenvalue weighted by Crippen LogP contribution is -2.45. The van der Waals surface area contributed by atoms with E-state index in [1.54, 1.807) is 20.8 Å². The number of carbonyl (C=O) groups is 2. The number of aliphatic hydroxyl groups is 2. The number of hydrogen-bond donors (Lipinski definition) is 3. The number of hydrogen-bond acceptors (Lipinski definition) is 9. The zero-order valence-electron chi connectivity index (χ0n) is 22.3. The molecule has 3 rings (SSSR count). The van der Waals surface area contributed by atoms with Crippen LogP contribution in [0.2, 0.25) is 0 Å². The van der Waals surface area contributed by atoms with Crippen molar-refractivity contribution >= 4 is 29.2 Å². The summed E-state index contributed by atoms with van der Waals surface area (Å²) in [4.78, 5) is 30.7. The molecule has 9 heteroatoms. The summed E-state index contributed by atoms with van der Waals surface area (Å²) >= 11 is 1.48. The molecule has 0 aromatic carbocycles. The van der Waals surface area contributed by atoms with Crippen molar-refractivity contribution in [2.24, 2.45) is 23.0 Å². The standard InChI is InChI=1S/C27H42N2O6S/c1-15-8-7-9-27(6)21(35-27)11-19(16(2)10-18-14-36-22(13-28)29-18)34-23(31)12-20(30)26(4,5)25(33)17(3)24(15)32/h10,14-15,17,19-21,24,30,32H,7-9,11-13,28H2,1-6H3/t15?,17-,19?,20+,21?,24+,27-/m1/s1. The van der Waals surface area contributed by atoms with Crippen molar-refractivity contribution in [3.63, 3.8) is 0 Å². The first kappa shape index (κ1) is 28.9. The van der Waals surface area contributed by atoms with Gasteiger partial charge in [-0.15, -0.1) is 11.3 Å². The van der Waals surface area contributed by atoms with Crippen LogP contribution < -0.4 is 5.73 Å². The fourth-order valence-corrected chi connectivity index (χ4v) is 5.74. The van der Waals surface area contributed by atoms with Crippen molar-refractivity contribution < 1.29 is 29.3 Å². The van der Waals surface area contributed by atoms with Gasteiger partial charge in [0.2, 0.25) is 0 Å². The molecule has 3 heterocycles. The molecule has 0 saturated carbocycles. The molecule has 202 valence electrons. The molecule has 0 spiro atoms. The molecule has 2 fully saturated rings. The van der Waals surface area contributed by atoms with E-state index in [-0.39, 0.29) is 29.8 Å². The average Bonchev–Trinajstić information content (AvgIpc) is 3.23. The first-order chi connectivity index (χ1) is 16.8. The molecule has 3 unspecified atom stereocenters. The highest BCUT2D eigenvalue weighted by molar-refractivity contribution is 7.09. The summed E-state index contributed by atoms with van der Waals surface area (Å²) < 4.78 is 11.9. The predicted octanol–water partition coefficient (Wildman–Crippen LogP) is 3.63. The van der Waals surface area contributed by atoms with Gasteiger partial charge in [0.25, 0.3) is 0 Å². The number of ketones is 1. The fraction of sp³-hybridized carbons (Fsp3) is 0.741. The number of fused-ring (bicyclic) bond motifs is 1. The number of carbonyl (C=O) groups excluding carboxylic acids is 2. The zero-order chi connectivity index (χ0) is 26.8. The van der Waals surface area contributed by atoms with E-state index >= 15 is 0 Å². The molecule has 36 heavy (non-hydrogen) atoms. The summed E-state index contributed by atoms with van der Waals surface area (Å²) in [5.41, 5.74) is 5.74. The largest absolute Gasteiger partial charge is 0.458 e. The minimum atomic E-state index is -1.24. The third kappa shape index (κ3) is 6.61. The molecule has 0 aliphatic carbocycles. The van der Waals surface area contributed by atoms with Crippen LogP contribution in [0.1, 0.15) is 84.3 Å². The van der Waals surface area contributed by atoms with E-state index < -0.39 is 35.6 Å². The number of rotatable bonds is 3. The molecule has 8 nitrogen and oxygen atoms in total. The number of cyclic esters (lactones) is 1. The maximum atomic E-state index is 13.2. The molecular formula is C27H42N2O6S. The lowest BCUT2D eigenvalue weighted by Gasteiger charge is -2.34. The predicted molar refractivity (Wildman–Crippen MR) is 139 cm³/mol. The Bertz CT molecular complexity index is 975. The van der Waals surface area contributed by atoms with E-state index in [1.807, 2.05) is 25.3 Å². The number of nitrogens with two attached hydrogens (primary N) is 1. The summed E-state index contributed by atoms with van der Waals surface area (Å²) in [5, 5.41) is 24.5. The summed E-state index contributed by atoms with van der Waals surface area (Å²) in [5.74, 6) is -1.59. The Balaban J connectivity index is 1.85. The van der Waals surface area contributed by atoms with Crippen LogP contribution in [0.25, 0.3) is 6.08 Å². The van der Waals surface area contributed by atoms with Gasteiger partial charge in [-0.05, 0) is 44.3 Å².